The number of hydrogen-bond acceptors (Lipinski definition) is 1. The van der Waals surface area contributed by atoms with E-state index in [-0.39, 0.29) is 0 Å². The highest BCUT2D eigenvalue weighted by Crippen LogP contribution is 2.51. The maximum atomic E-state index is 6.56. The summed E-state index contributed by atoms with van der Waals surface area (Å²) in [5.41, 5.74) is 7.25. The van der Waals surface area contributed by atoms with Crippen LogP contribution in [0.25, 0.3) is 76.5 Å². The normalized spacial score (nSPS) is 12.1. The Balaban J connectivity index is 1.36. The molecular weight excluding hydrogens is 496 g/mol. The van der Waals surface area contributed by atoms with Crippen LogP contribution < -0.4 is 4.74 Å². The molecule has 0 aromatic heterocycles. The van der Waals surface area contributed by atoms with Crippen LogP contribution in [0.1, 0.15) is 0 Å². The van der Waals surface area contributed by atoms with Crippen LogP contribution in [0.4, 0.5) is 0 Å². The Morgan fingerprint density at radius 1 is 0.341 bits per heavy atom. The van der Waals surface area contributed by atoms with Gasteiger partial charge in [0.05, 0.1) is 0 Å². The fourth-order valence-electron chi connectivity index (χ4n) is 6.77. The van der Waals surface area contributed by atoms with Crippen molar-refractivity contribution in [3.8, 4) is 44.9 Å². The first-order valence-electron chi connectivity index (χ1n) is 14.1. The predicted octanol–water partition coefficient (Wildman–Crippen LogP) is 11.4. The zero-order chi connectivity index (χ0) is 26.9. The molecule has 41 heavy (non-hydrogen) atoms. The van der Waals surface area contributed by atoms with E-state index in [4.69, 9.17) is 4.74 Å². The van der Waals surface area contributed by atoms with Gasteiger partial charge in [0.25, 0.3) is 0 Å². The van der Waals surface area contributed by atoms with Crippen LogP contribution in [0.2, 0.25) is 0 Å². The Bertz CT molecular complexity index is 2330. The van der Waals surface area contributed by atoms with Gasteiger partial charge >= 0.3 is 0 Å². The molecule has 190 valence electrons. The molecule has 0 radical (unpaired) electrons. The van der Waals surface area contributed by atoms with Gasteiger partial charge in [-0.3, -0.25) is 0 Å². The molecule has 1 aliphatic heterocycles. The second-order valence-electron chi connectivity index (χ2n) is 10.9. The Kier molecular flexibility index (Phi) is 4.67. The molecule has 0 aliphatic carbocycles. The summed E-state index contributed by atoms with van der Waals surface area (Å²) in [5, 5.41) is 9.99. The number of benzene rings is 8. The van der Waals surface area contributed by atoms with Crippen LogP contribution in [0, 0.1) is 0 Å². The summed E-state index contributed by atoms with van der Waals surface area (Å²) in [6.45, 7) is 0. The summed E-state index contributed by atoms with van der Waals surface area (Å²) < 4.78 is 6.56. The SMILES string of the molecule is c1ccc(-c2ccc3c(c2)-c2cccc4c(-c5c6ccccc6cc6c5ccc5ccccc56)ccc(c24)O3)cc1. The van der Waals surface area contributed by atoms with E-state index in [1.54, 1.807) is 0 Å². The van der Waals surface area contributed by atoms with Gasteiger partial charge in [-0.1, -0.05) is 115 Å². The Morgan fingerprint density at radius 2 is 1.10 bits per heavy atom. The highest BCUT2D eigenvalue weighted by molar-refractivity contribution is 6.23. The first-order chi connectivity index (χ1) is 20.3. The lowest BCUT2D eigenvalue weighted by Crippen LogP contribution is -1.98. The van der Waals surface area contributed by atoms with E-state index in [9.17, 15) is 0 Å². The van der Waals surface area contributed by atoms with Gasteiger partial charge in [-0.2, -0.15) is 0 Å². The van der Waals surface area contributed by atoms with Crippen LogP contribution in [0.3, 0.4) is 0 Å². The molecule has 8 aromatic carbocycles. The predicted molar refractivity (Wildman–Crippen MR) is 173 cm³/mol. The van der Waals surface area contributed by atoms with E-state index in [0.29, 0.717) is 0 Å². The van der Waals surface area contributed by atoms with Crippen molar-refractivity contribution in [2.75, 3.05) is 0 Å². The molecule has 1 nitrogen and oxygen atoms in total. The molecule has 0 saturated heterocycles. The quantitative estimate of drug-likeness (QED) is 0.163. The third-order valence-corrected chi connectivity index (χ3v) is 8.64. The van der Waals surface area contributed by atoms with Crippen molar-refractivity contribution >= 4 is 43.1 Å². The average molecular weight is 521 g/mol. The first-order valence-corrected chi connectivity index (χ1v) is 14.1. The minimum atomic E-state index is 0.902. The van der Waals surface area contributed by atoms with Crippen molar-refractivity contribution in [2.24, 2.45) is 0 Å². The van der Waals surface area contributed by atoms with E-state index >= 15 is 0 Å². The van der Waals surface area contributed by atoms with Gasteiger partial charge in [-0.15, -0.1) is 0 Å². The van der Waals surface area contributed by atoms with Crippen molar-refractivity contribution in [1.82, 2.24) is 0 Å². The molecule has 0 unspecified atom stereocenters. The van der Waals surface area contributed by atoms with Crippen LogP contribution in [-0.2, 0) is 0 Å². The summed E-state index contributed by atoms with van der Waals surface area (Å²) in [6, 6.07) is 52.5. The summed E-state index contributed by atoms with van der Waals surface area (Å²) >= 11 is 0. The molecule has 8 aromatic rings. The molecule has 0 amide bonds. The maximum absolute atomic E-state index is 6.56. The minimum Gasteiger partial charge on any atom is -0.456 e. The Labute approximate surface area is 237 Å². The van der Waals surface area contributed by atoms with E-state index < -0.39 is 0 Å². The second kappa shape index (κ2) is 8.55. The number of fused-ring (bicyclic) bond motifs is 6. The smallest absolute Gasteiger partial charge is 0.135 e. The maximum Gasteiger partial charge on any atom is 0.135 e. The second-order valence-corrected chi connectivity index (χ2v) is 10.9. The van der Waals surface area contributed by atoms with Gasteiger partial charge < -0.3 is 4.74 Å². The summed E-state index contributed by atoms with van der Waals surface area (Å²) in [4.78, 5) is 0. The Hall–Kier alpha value is -5.40. The lowest BCUT2D eigenvalue weighted by atomic mass is 9.85. The molecule has 0 saturated carbocycles. The molecule has 1 aliphatic rings. The van der Waals surface area contributed by atoms with E-state index in [2.05, 4.69) is 146 Å². The lowest BCUT2D eigenvalue weighted by molar-refractivity contribution is 0.487. The zero-order valence-electron chi connectivity index (χ0n) is 22.3. The molecular formula is C40H24O. The van der Waals surface area contributed by atoms with Gasteiger partial charge in [0, 0.05) is 10.9 Å². The first kappa shape index (κ1) is 22.4. The number of rotatable bonds is 2. The van der Waals surface area contributed by atoms with Crippen molar-refractivity contribution in [3.63, 3.8) is 0 Å². The monoisotopic (exact) mass is 520 g/mol. The van der Waals surface area contributed by atoms with Crippen molar-refractivity contribution in [1.29, 1.82) is 0 Å². The molecule has 0 fully saturated rings. The van der Waals surface area contributed by atoms with Gasteiger partial charge in [-0.25, -0.2) is 0 Å². The van der Waals surface area contributed by atoms with Gasteiger partial charge in [0.1, 0.15) is 11.5 Å². The lowest BCUT2D eigenvalue weighted by Gasteiger charge is -2.24. The zero-order valence-corrected chi connectivity index (χ0v) is 22.3. The van der Waals surface area contributed by atoms with Crippen LogP contribution in [-0.4, -0.2) is 0 Å². The summed E-state index contributed by atoms with van der Waals surface area (Å²) in [5.74, 6) is 1.81. The summed E-state index contributed by atoms with van der Waals surface area (Å²) in [6.07, 6.45) is 0. The molecule has 0 N–H and O–H groups in total. The molecule has 0 atom stereocenters. The molecule has 1 heterocycles. The molecule has 9 rings (SSSR count). The fourth-order valence-corrected chi connectivity index (χ4v) is 6.77. The van der Waals surface area contributed by atoms with Gasteiger partial charge in [-0.05, 0) is 95.9 Å². The highest BCUT2D eigenvalue weighted by Gasteiger charge is 2.23. The van der Waals surface area contributed by atoms with E-state index in [1.807, 2.05) is 0 Å². The van der Waals surface area contributed by atoms with Crippen LogP contribution in [0.15, 0.2) is 146 Å². The minimum absolute atomic E-state index is 0.902. The van der Waals surface area contributed by atoms with Crippen LogP contribution >= 0.6 is 0 Å². The molecule has 0 bridgehead atoms. The van der Waals surface area contributed by atoms with Gasteiger partial charge in [0.15, 0.2) is 0 Å². The number of ether oxygens (including phenoxy) is 1. The van der Waals surface area contributed by atoms with Crippen molar-refractivity contribution < 1.29 is 4.74 Å². The van der Waals surface area contributed by atoms with E-state index in [0.717, 1.165) is 17.1 Å². The third-order valence-electron chi connectivity index (χ3n) is 8.64. The third kappa shape index (κ3) is 3.30. The summed E-state index contributed by atoms with van der Waals surface area (Å²) in [7, 11) is 0. The molecule has 0 spiro atoms. The van der Waals surface area contributed by atoms with Gasteiger partial charge in [0.2, 0.25) is 0 Å². The topological polar surface area (TPSA) is 9.23 Å². The Morgan fingerprint density at radius 3 is 2.00 bits per heavy atom. The standard InChI is InChI=1S/C40H24O/c1-2-9-25(10-3-1)27-18-21-37-36(23-27)32-16-8-15-31-33(20-22-38(41-37)40(31)32)39-30-14-7-5-12-28(30)24-35-29-13-6-4-11-26(29)17-19-34(35)39/h1-24H. The highest BCUT2D eigenvalue weighted by atomic mass is 16.5. The fraction of sp³-hybridized carbons (Fsp3) is 0. The molecule has 1 heteroatoms. The number of hydrogen-bond donors (Lipinski definition) is 0. The van der Waals surface area contributed by atoms with Crippen LogP contribution in [0.5, 0.6) is 11.5 Å². The van der Waals surface area contributed by atoms with E-state index in [1.165, 1.54) is 70.9 Å². The largest absolute Gasteiger partial charge is 0.456 e. The van der Waals surface area contributed by atoms with Crippen molar-refractivity contribution in [3.05, 3.63) is 146 Å². The average Bonchev–Trinajstić information content (AvgIpc) is 3.04. The van der Waals surface area contributed by atoms with Crippen molar-refractivity contribution in [2.45, 2.75) is 0 Å².